The first-order chi connectivity index (χ1) is 8.88. The second kappa shape index (κ2) is 6.97. The van der Waals surface area contributed by atoms with E-state index in [1.54, 1.807) is 0 Å². The van der Waals surface area contributed by atoms with Crippen molar-refractivity contribution < 1.29 is 13.3 Å². The summed E-state index contributed by atoms with van der Waals surface area (Å²) < 4.78 is 26.9. The molecule has 6 nitrogen and oxygen atoms in total. The molecular weight excluding hydrogens is 336 g/mol. The van der Waals surface area contributed by atoms with Crippen LogP contribution in [0.4, 0.5) is 5.69 Å². The van der Waals surface area contributed by atoms with E-state index in [-0.39, 0.29) is 11.4 Å². The van der Waals surface area contributed by atoms with E-state index < -0.39 is 20.6 Å². The summed E-state index contributed by atoms with van der Waals surface area (Å²) in [5, 5.41) is 10.9. The molecule has 106 valence electrons. The maximum absolute atomic E-state index is 12.0. The SMILES string of the molecule is CCCCCNS(=O)(=O)c1cc(Br)ccc1[N+](=O)[O-]. The molecular formula is C11H15BrN2O4S. The van der Waals surface area contributed by atoms with E-state index in [1.165, 1.54) is 18.2 Å². The number of benzene rings is 1. The molecule has 0 aliphatic rings. The van der Waals surface area contributed by atoms with Crippen molar-refractivity contribution in [2.45, 2.75) is 31.1 Å². The largest absolute Gasteiger partial charge is 0.289 e. The average molecular weight is 351 g/mol. The molecule has 0 aromatic heterocycles. The predicted octanol–water partition coefficient (Wildman–Crippen LogP) is 2.83. The topological polar surface area (TPSA) is 89.3 Å². The van der Waals surface area contributed by atoms with Crippen molar-refractivity contribution in [1.29, 1.82) is 0 Å². The number of sulfonamides is 1. The van der Waals surface area contributed by atoms with E-state index in [4.69, 9.17) is 0 Å². The lowest BCUT2D eigenvalue weighted by atomic mass is 10.3. The van der Waals surface area contributed by atoms with Crippen LogP contribution in [0.3, 0.4) is 0 Å². The number of nitro benzene ring substituents is 1. The molecule has 19 heavy (non-hydrogen) atoms. The van der Waals surface area contributed by atoms with Gasteiger partial charge in [-0.05, 0) is 18.6 Å². The summed E-state index contributed by atoms with van der Waals surface area (Å²) in [6.45, 7) is 2.29. The zero-order valence-corrected chi connectivity index (χ0v) is 12.8. The van der Waals surface area contributed by atoms with Gasteiger partial charge in [0, 0.05) is 17.1 Å². The fraction of sp³-hybridized carbons (Fsp3) is 0.455. The van der Waals surface area contributed by atoms with Gasteiger partial charge in [-0.3, -0.25) is 10.1 Å². The van der Waals surface area contributed by atoms with Crippen LogP contribution in [-0.2, 0) is 10.0 Å². The van der Waals surface area contributed by atoms with Gasteiger partial charge in [-0.1, -0.05) is 35.7 Å². The summed E-state index contributed by atoms with van der Waals surface area (Å²) in [5.74, 6) is 0. The number of rotatable bonds is 7. The molecule has 0 saturated carbocycles. The van der Waals surface area contributed by atoms with Crippen molar-refractivity contribution in [3.63, 3.8) is 0 Å². The molecule has 0 atom stereocenters. The first kappa shape index (κ1) is 16.1. The van der Waals surface area contributed by atoms with Gasteiger partial charge in [-0.25, -0.2) is 13.1 Å². The standard InChI is InChI=1S/C11H15BrN2O4S/c1-2-3-4-7-13-19(17,18)11-8-9(12)5-6-10(11)14(15)16/h5-6,8,13H,2-4,7H2,1H3. The maximum Gasteiger partial charge on any atom is 0.289 e. The van der Waals surface area contributed by atoms with Crippen LogP contribution < -0.4 is 4.72 Å². The lowest BCUT2D eigenvalue weighted by Crippen LogP contribution is -2.25. The lowest BCUT2D eigenvalue weighted by molar-refractivity contribution is -0.387. The van der Waals surface area contributed by atoms with Crippen LogP contribution in [0, 0.1) is 10.1 Å². The van der Waals surface area contributed by atoms with Gasteiger partial charge in [0.15, 0.2) is 4.90 Å². The van der Waals surface area contributed by atoms with Gasteiger partial charge in [0.2, 0.25) is 10.0 Å². The Labute approximate surface area is 120 Å². The monoisotopic (exact) mass is 350 g/mol. The molecule has 0 unspecified atom stereocenters. The van der Waals surface area contributed by atoms with Gasteiger partial charge in [-0.15, -0.1) is 0 Å². The molecule has 0 fully saturated rings. The van der Waals surface area contributed by atoms with E-state index >= 15 is 0 Å². The minimum Gasteiger partial charge on any atom is -0.258 e. The summed E-state index contributed by atoms with van der Waals surface area (Å²) in [4.78, 5) is 9.84. The molecule has 1 rings (SSSR count). The number of nitrogens with one attached hydrogen (secondary N) is 1. The first-order valence-corrected chi connectivity index (χ1v) is 8.09. The quantitative estimate of drug-likeness (QED) is 0.465. The minimum absolute atomic E-state index is 0.278. The molecule has 0 aliphatic carbocycles. The van der Waals surface area contributed by atoms with Crippen LogP contribution in [-0.4, -0.2) is 19.9 Å². The Balaban J connectivity index is 3.00. The molecule has 0 radical (unpaired) electrons. The number of nitro groups is 1. The van der Waals surface area contributed by atoms with Crippen molar-refractivity contribution >= 4 is 31.6 Å². The summed E-state index contributed by atoms with van der Waals surface area (Å²) in [6, 6.07) is 3.85. The Morgan fingerprint density at radius 2 is 2.05 bits per heavy atom. The number of hydrogen-bond donors (Lipinski definition) is 1. The summed E-state index contributed by atoms with van der Waals surface area (Å²) in [5.41, 5.74) is -0.425. The molecule has 0 aliphatic heterocycles. The van der Waals surface area contributed by atoms with Crippen LogP contribution in [0.15, 0.2) is 27.6 Å². The zero-order valence-electron chi connectivity index (χ0n) is 10.4. The van der Waals surface area contributed by atoms with Gasteiger partial charge in [-0.2, -0.15) is 0 Å². The summed E-state index contributed by atoms with van der Waals surface area (Å²) in [6.07, 6.45) is 2.58. The van der Waals surface area contributed by atoms with Gasteiger partial charge in [0.25, 0.3) is 5.69 Å². The molecule has 1 aromatic rings. The fourth-order valence-corrected chi connectivity index (χ4v) is 3.29. The van der Waals surface area contributed by atoms with Crippen LogP contribution in [0.5, 0.6) is 0 Å². The Bertz CT molecular complexity index is 560. The fourth-order valence-electron chi connectivity index (χ4n) is 1.51. The Morgan fingerprint density at radius 1 is 1.37 bits per heavy atom. The van der Waals surface area contributed by atoms with E-state index in [0.29, 0.717) is 10.9 Å². The van der Waals surface area contributed by atoms with Crippen LogP contribution >= 0.6 is 15.9 Å². The maximum atomic E-state index is 12.0. The second-order valence-electron chi connectivity index (χ2n) is 3.97. The third kappa shape index (κ3) is 4.55. The van der Waals surface area contributed by atoms with Gasteiger partial charge in [0.05, 0.1) is 4.92 Å². The summed E-state index contributed by atoms with van der Waals surface area (Å²) >= 11 is 3.12. The highest BCUT2D eigenvalue weighted by atomic mass is 79.9. The molecule has 0 spiro atoms. The molecule has 0 saturated heterocycles. The van der Waals surface area contributed by atoms with E-state index in [1.807, 2.05) is 6.92 Å². The molecule has 0 heterocycles. The third-order valence-electron chi connectivity index (χ3n) is 2.48. The second-order valence-corrected chi connectivity index (χ2v) is 6.63. The van der Waals surface area contributed by atoms with Crippen molar-refractivity contribution in [2.75, 3.05) is 6.54 Å². The first-order valence-electron chi connectivity index (χ1n) is 5.82. The highest BCUT2D eigenvalue weighted by Crippen LogP contribution is 2.26. The molecule has 0 amide bonds. The van der Waals surface area contributed by atoms with E-state index in [2.05, 4.69) is 20.7 Å². The third-order valence-corrected chi connectivity index (χ3v) is 4.46. The Kier molecular flexibility index (Phi) is 5.89. The molecule has 1 N–H and O–H groups in total. The normalized spacial score (nSPS) is 11.5. The van der Waals surface area contributed by atoms with E-state index in [0.717, 1.165) is 12.8 Å². The minimum atomic E-state index is -3.86. The number of nitrogens with zero attached hydrogens (tertiary/aromatic N) is 1. The van der Waals surface area contributed by atoms with Crippen LogP contribution in [0.2, 0.25) is 0 Å². The van der Waals surface area contributed by atoms with Gasteiger partial charge < -0.3 is 0 Å². The number of halogens is 1. The highest BCUT2D eigenvalue weighted by molar-refractivity contribution is 9.10. The lowest BCUT2D eigenvalue weighted by Gasteiger charge is -2.07. The van der Waals surface area contributed by atoms with Crippen molar-refractivity contribution in [3.8, 4) is 0 Å². The van der Waals surface area contributed by atoms with Crippen molar-refractivity contribution in [3.05, 3.63) is 32.8 Å². The molecule has 0 bridgehead atoms. The van der Waals surface area contributed by atoms with Crippen molar-refractivity contribution in [1.82, 2.24) is 4.72 Å². The van der Waals surface area contributed by atoms with Gasteiger partial charge >= 0.3 is 0 Å². The van der Waals surface area contributed by atoms with Crippen molar-refractivity contribution in [2.24, 2.45) is 0 Å². The number of unbranched alkanes of at least 4 members (excludes halogenated alkanes) is 2. The Hall–Kier alpha value is -0.990. The smallest absolute Gasteiger partial charge is 0.258 e. The predicted molar refractivity (Wildman–Crippen MR) is 75.5 cm³/mol. The van der Waals surface area contributed by atoms with Gasteiger partial charge in [0.1, 0.15) is 0 Å². The average Bonchev–Trinajstić information content (AvgIpc) is 2.34. The highest BCUT2D eigenvalue weighted by Gasteiger charge is 2.25. The number of hydrogen-bond acceptors (Lipinski definition) is 4. The summed E-state index contributed by atoms with van der Waals surface area (Å²) in [7, 11) is -3.86. The molecule has 8 heteroatoms. The van der Waals surface area contributed by atoms with Crippen LogP contribution in [0.1, 0.15) is 26.2 Å². The zero-order chi connectivity index (χ0) is 14.5. The molecule has 1 aromatic carbocycles. The van der Waals surface area contributed by atoms with E-state index in [9.17, 15) is 18.5 Å². The van der Waals surface area contributed by atoms with Crippen LogP contribution in [0.25, 0.3) is 0 Å². The Morgan fingerprint density at radius 3 is 2.63 bits per heavy atom.